The van der Waals surface area contributed by atoms with E-state index in [0.29, 0.717) is 12.2 Å². The molecule has 0 amide bonds. The van der Waals surface area contributed by atoms with E-state index in [1.165, 1.54) is 5.69 Å². The van der Waals surface area contributed by atoms with E-state index in [-0.39, 0.29) is 29.8 Å². The minimum Gasteiger partial charge on any atom is -0.368 e. The van der Waals surface area contributed by atoms with Gasteiger partial charge in [-0.15, -0.1) is 24.0 Å². The number of imidazole rings is 1. The van der Waals surface area contributed by atoms with Gasteiger partial charge in [0.15, 0.2) is 5.96 Å². The number of halogens is 2. The zero-order chi connectivity index (χ0) is 20.1. The predicted octanol–water partition coefficient (Wildman–Crippen LogP) is 3.53. The van der Waals surface area contributed by atoms with Crippen LogP contribution in [0.15, 0.2) is 72.2 Å². The number of aromatic nitrogens is 2. The number of piperazine rings is 1. The molecule has 0 radical (unpaired) electrons. The van der Waals surface area contributed by atoms with Gasteiger partial charge in [0.2, 0.25) is 0 Å². The quantitative estimate of drug-likeness (QED) is 0.325. The Morgan fingerprint density at radius 1 is 1.10 bits per heavy atom. The second kappa shape index (κ2) is 10.4. The highest BCUT2D eigenvalue weighted by atomic mass is 127. The SMILES string of the molecule is CN=C(NCc1ccc(-n2ccnc2)c(F)c1)N1CCN(c2ccccc2)CC1.I. The molecule has 1 saturated heterocycles. The van der Waals surface area contributed by atoms with Crippen molar-refractivity contribution in [1.82, 2.24) is 19.8 Å². The second-order valence-corrected chi connectivity index (χ2v) is 6.97. The van der Waals surface area contributed by atoms with E-state index in [4.69, 9.17) is 0 Å². The number of hydrogen-bond donors (Lipinski definition) is 1. The lowest BCUT2D eigenvalue weighted by molar-refractivity contribution is 0.372. The largest absolute Gasteiger partial charge is 0.368 e. The average molecular weight is 520 g/mol. The summed E-state index contributed by atoms with van der Waals surface area (Å²) in [6, 6.07) is 15.7. The molecule has 0 unspecified atom stereocenters. The molecule has 0 spiro atoms. The highest BCUT2D eigenvalue weighted by Crippen LogP contribution is 2.17. The fraction of sp³-hybridized carbons (Fsp3) is 0.273. The van der Waals surface area contributed by atoms with Crippen LogP contribution in [-0.2, 0) is 6.54 Å². The number of benzene rings is 2. The Bertz CT molecular complexity index is 953. The van der Waals surface area contributed by atoms with Gasteiger partial charge in [-0.3, -0.25) is 4.99 Å². The van der Waals surface area contributed by atoms with Gasteiger partial charge in [-0.05, 0) is 29.8 Å². The molecule has 1 aromatic heterocycles. The van der Waals surface area contributed by atoms with E-state index in [1.54, 1.807) is 42.5 Å². The number of nitrogens with one attached hydrogen (secondary N) is 1. The lowest BCUT2D eigenvalue weighted by Gasteiger charge is -2.37. The molecule has 4 rings (SSSR count). The van der Waals surface area contributed by atoms with E-state index in [1.807, 2.05) is 12.1 Å². The van der Waals surface area contributed by atoms with Crippen LogP contribution in [0.3, 0.4) is 0 Å². The maximum absolute atomic E-state index is 14.5. The third-order valence-electron chi connectivity index (χ3n) is 5.16. The molecule has 2 aromatic carbocycles. The Balaban J connectivity index is 0.00000256. The van der Waals surface area contributed by atoms with Crippen LogP contribution in [0, 0.1) is 5.82 Å². The fourth-order valence-corrected chi connectivity index (χ4v) is 3.60. The minimum absolute atomic E-state index is 0. The Labute approximate surface area is 193 Å². The van der Waals surface area contributed by atoms with Crippen molar-refractivity contribution in [2.45, 2.75) is 6.54 Å². The Hall–Kier alpha value is -2.62. The van der Waals surface area contributed by atoms with Crippen molar-refractivity contribution in [2.24, 2.45) is 4.99 Å². The summed E-state index contributed by atoms with van der Waals surface area (Å²) in [4.78, 5) is 13.0. The first kappa shape index (κ1) is 22.1. The lowest BCUT2D eigenvalue weighted by atomic mass is 10.2. The van der Waals surface area contributed by atoms with Crippen molar-refractivity contribution >= 4 is 35.6 Å². The fourth-order valence-electron chi connectivity index (χ4n) is 3.60. The van der Waals surface area contributed by atoms with Crippen LogP contribution in [0.4, 0.5) is 10.1 Å². The molecule has 1 N–H and O–H groups in total. The zero-order valence-electron chi connectivity index (χ0n) is 16.9. The van der Waals surface area contributed by atoms with Crippen LogP contribution in [0.1, 0.15) is 5.56 Å². The molecule has 1 aliphatic heterocycles. The van der Waals surface area contributed by atoms with E-state index < -0.39 is 0 Å². The van der Waals surface area contributed by atoms with Gasteiger partial charge in [0.25, 0.3) is 0 Å². The van der Waals surface area contributed by atoms with Gasteiger partial charge in [-0.2, -0.15) is 0 Å². The number of anilines is 1. The maximum atomic E-state index is 14.5. The summed E-state index contributed by atoms with van der Waals surface area (Å²) in [6.45, 7) is 4.19. The molecule has 6 nitrogen and oxygen atoms in total. The van der Waals surface area contributed by atoms with Crippen molar-refractivity contribution in [1.29, 1.82) is 0 Å². The third kappa shape index (κ3) is 5.10. The third-order valence-corrected chi connectivity index (χ3v) is 5.16. The molecule has 0 saturated carbocycles. The van der Waals surface area contributed by atoms with Crippen LogP contribution in [-0.4, -0.2) is 53.6 Å². The van der Waals surface area contributed by atoms with Crippen molar-refractivity contribution < 1.29 is 4.39 Å². The second-order valence-electron chi connectivity index (χ2n) is 6.97. The normalized spacial score (nSPS) is 14.4. The summed E-state index contributed by atoms with van der Waals surface area (Å²) in [5.74, 6) is 0.575. The number of hydrogen-bond acceptors (Lipinski definition) is 3. The molecule has 0 aliphatic carbocycles. The summed E-state index contributed by atoms with van der Waals surface area (Å²) in [7, 11) is 1.79. The van der Waals surface area contributed by atoms with Gasteiger partial charge in [0.05, 0.1) is 12.0 Å². The van der Waals surface area contributed by atoms with Crippen molar-refractivity contribution in [2.75, 3.05) is 38.1 Å². The van der Waals surface area contributed by atoms with Crippen LogP contribution in [0.25, 0.3) is 5.69 Å². The molecule has 158 valence electrons. The van der Waals surface area contributed by atoms with Gasteiger partial charge >= 0.3 is 0 Å². The lowest BCUT2D eigenvalue weighted by Crippen LogP contribution is -2.52. The zero-order valence-corrected chi connectivity index (χ0v) is 19.2. The standard InChI is InChI=1S/C22H25FN6.HI/c1-24-22(28-13-11-27(12-14-28)19-5-3-2-4-6-19)26-16-18-7-8-21(20(23)15-18)29-10-9-25-17-29;/h2-10,15,17H,11-14,16H2,1H3,(H,24,26);1H. The highest BCUT2D eigenvalue weighted by Gasteiger charge is 2.19. The summed E-state index contributed by atoms with van der Waals surface area (Å²) < 4.78 is 16.1. The summed E-state index contributed by atoms with van der Waals surface area (Å²) >= 11 is 0. The molecule has 8 heteroatoms. The summed E-state index contributed by atoms with van der Waals surface area (Å²) in [6.07, 6.45) is 4.96. The average Bonchev–Trinajstić information content (AvgIpc) is 3.30. The first-order valence-electron chi connectivity index (χ1n) is 9.77. The molecule has 1 aliphatic rings. The van der Waals surface area contributed by atoms with Gasteiger partial charge in [0.1, 0.15) is 5.82 Å². The monoisotopic (exact) mass is 520 g/mol. The molecule has 0 bridgehead atoms. The predicted molar refractivity (Wildman–Crippen MR) is 129 cm³/mol. The van der Waals surface area contributed by atoms with E-state index >= 15 is 0 Å². The highest BCUT2D eigenvalue weighted by molar-refractivity contribution is 14.0. The van der Waals surface area contributed by atoms with Gasteiger partial charge < -0.3 is 19.7 Å². The summed E-state index contributed by atoms with van der Waals surface area (Å²) in [5, 5.41) is 3.36. The topological polar surface area (TPSA) is 48.7 Å². The van der Waals surface area contributed by atoms with E-state index in [2.05, 4.69) is 49.4 Å². The molecular formula is C22H26FIN6. The summed E-state index contributed by atoms with van der Waals surface area (Å²) in [5.41, 5.74) is 2.62. The number of nitrogens with zero attached hydrogens (tertiary/aromatic N) is 5. The minimum atomic E-state index is -0.270. The molecule has 1 fully saturated rings. The van der Waals surface area contributed by atoms with Crippen LogP contribution in [0.5, 0.6) is 0 Å². The maximum Gasteiger partial charge on any atom is 0.194 e. The Morgan fingerprint density at radius 3 is 2.50 bits per heavy atom. The number of rotatable bonds is 4. The van der Waals surface area contributed by atoms with Gasteiger partial charge in [-0.25, -0.2) is 9.37 Å². The number of guanidine groups is 1. The van der Waals surface area contributed by atoms with Gasteiger partial charge in [-0.1, -0.05) is 24.3 Å². The van der Waals surface area contributed by atoms with Crippen LogP contribution in [0.2, 0.25) is 0 Å². The molecule has 0 atom stereocenters. The molecule has 2 heterocycles. The van der Waals surface area contributed by atoms with E-state index in [0.717, 1.165) is 37.7 Å². The van der Waals surface area contributed by atoms with E-state index in [9.17, 15) is 4.39 Å². The first-order chi connectivity index (χ1) is 14.2. The van der Waals surface area contributed by atoms with Gasteiger partial charge in [0, 0.05) is 57.9 Å². The van der Waals surface area contributed by atoms with Crippen LogP contribution >= 0.6 is 24.0 Å². The Kier molecular flexibility index (Phi) is 7.67. The molecule has 30 heavy (non-hydrogen) atoms. The van der Waals surface area contributed by atoms with Crippen molar-refractivity contribution in [3.05, 3.63) is 78.6 Å². The van der Waals surface area contributed by atoms with Crippen LogP contribution < -0.4 is 10.2 Å². The molecular weight excluding hydrogens is 494 g/mol. The Morgan fingerprint density at radius 2 is 1.87 bits per heavy atom. The smallest absolute Gasteiger partial charge is 0.194 e. The molecule has 3 aromatic rings. The van der Waals surface area contributed by atoms with Crippen molar-refractivity contribution in [3.63, 3.8) is 0 Å². The number of para-hydroxylation sites is 1. The number of aliphatic imine (C=N–C) groups is 1. The van der Waals surface area contributed by atoms with Crippen molar-refractivity contribution in [3.8, 4) is 5.69 Å². The first-order valence-corrected chi connectivity index (χ1v) is 9.77.